The third-order valence-electron chi connectivity index (χ3n) is 8.47. The second-order valence-electron chi connectivity index (χ2n) is 12.2. The minimum Gasteiger partial charge on any atom is -0.494 e. The first kappa shape index (κ1) is 33.1. The molecule has 0 radical (unpaired) electrons. The Morgan fingerprint density at radius 2 is 0.870 bits per heavy atom. The van der Waals surface area contributed by atoms with Crippen LogP contribution in [-0.2, 0) is 0 Å². The second-order valence-corrected chi connectivity index (χ2v) is 12.2. The first-order valence-corrected chi connectivity index (χ1v) is 17.4. The van der Waals surface area contributed by atoms with Crippen molar-refractivity contribution < 1.29 is 9.47 Å². The molecule has 0 aliphatic heterocycles. The smallest absolute Gasteiger partial charge is 0.119 e. The lowest BCUT2D eigenvalue weighted by molar-refractivity contribution is 0.304. The summed E-state index contributed by atoms with van der Waals surface area (Å²) in [5.41, 5.74) is 7.98. The highest BCUT2D eigenvalue weighted by Gasteiger charge is 2.11. The Bertz CT molecular complexity index is 1450. The van der Waals surface area contributed by atoms with Crippen LogP contribution in [0, 0.1) is 0 Å². The highest BCUT2D eigenvalue weighted by Crippen LogP contribution is 2.30. The highest BCUT2D eigenvalue weighted by atomic mass is 16.5. The summed E-state index contributed by atoms with van der Waals surface area (Å²) in [6.45, 7) is 6.04. The van der Waals surface area contributed by atoms with Gasteiger partial charge in [-0.15, -0.1) is 0 Å². The first-order chi connectivity index (χ1) is 22.7. The van der Waals surface area contributed by atoms with Crippen molar-refractivity contribution in [1.82, 2.24) is 20.4 Å². The maximum Gasteiger partial charge on any atom is 0.119 e. The maximum absolute atomic E-state index is 5.96. The number of aromatic amines is 2. The summed E-state index contributed by atoms with van der Waals surface area (Å²) in [5, 5.41) is 15.7. The molecule has 242 valence electrons. The van der Waals surface area contributed by atoms with Crippen LogP contribution in [0.15, 0.2) is 84.9 Å². The maximum atomic E-state index is 5.96. The summed E-state index contributed by atoms with van der Waals surface area (Å²) in [7, 11) is 0. The number of nitrogens with zero attached hydrogens (tertiary/aromatic N) is 2. The molecule has 0 saturated carbocycles. The number of H-pyrrole nitrogens is 2. The van der Waals surface area contributed by atoms with Gasteiger partial charge in [0.25, 0.3) is 0 Å². The number of nitrogens with one attached hydrogen (secondary N) is 2. The van der Waals surface area contributed by atoms with E-state index >= 15 is 0 Å². The van der Waals surface area contributed by atoms with Crippen LogP contribution in [0.1, 0.15) is 90.9 Å². The van der Waals surface area contributed by atoms with Crippen molar-refractivity contribution in [2.24, 2.45) is 0 Å². The van der Waals surface area contributed by atoms with Crippen LogP contribution in [0.2, 0.25) is 0 Å². The molecule has 0 amide bonds. The van der Waals surface area contributed by atoms with E-state index in [1.54, 1.807) is 0 Å². The van der Waals surface area contributed by atoms with E-state index in [0.29, 0.717) is 0 Å². The average molecular weight is 619 g/mol. The van der Waals surface area contributed by atoms with E-state index in [2.05, 4.69) is 94.9 Å². The number of ether oxygens (including phenoxy) is 2. The lowest BCUT2D eigenvalue weighted by atomic mass is 10.0. The summed E-state index contributed by atoms with van der Waals surface area (Å²) >= 11 is 0. The minimum absolute atomic E-state index is 0.772. The van der Waals surface area contributed by atoms with Crippen molar-refractivity contribution in [3.8, 4) is 56.5 Å². The normalized spacial score (nSPS) is 11.2. The van der Waals surface area contributed by atoms with Gasteiger partial charge in [0.1, 0.15) is 11.5 Å². The molecule has 0 aliphatic rings. The highest BCUT2D eigenvalue weighted by molar-refractivity contribution is 5.74. The van der Waals surface area contributed by atoms with Crippen molar-refractivity contribution in [3.05, 3.63) is 84.9 Å². The van der Waals surface area contributed by atoms with Crippen LogP contribution in [0.4, 0.5) is 0 Å². The summed E-state index contributed by atoms with van der Waals surface area (Å²) in [4.78, 5) is 0. The predicted octanol–water partition coefficient (Wildman–Crippen LogP) is 11.3. The van der Waals surface area contributed by atoms with Gasteiger partial charge >= 0.3 is 0 Å². The van der Waals surface area contributed by atoms with Crippen LogP contribution >= 0.6 is 0 Å². The minimum atomic E-state index is 0.772. The molecule has 0 saturated heterocycles. The number of hydrogen-bond acceptors (Lipinski definition) is 4. The third-order valence-corrected chi connectivity index (χ3v) is 8.47. The molecule has 0 aliphatic carbocycles. The molecule has 0 bridgehead atoms. The number of rotatable bonds is 20. The molecular weight excluding hydrogens is 568 g/mol. The van der Waals surface area contributed by atoms with Crippen LogP contribution < -0.4 is 9.47 Å². The predicted molar refractivity (Wildman–Crippen MR) is 190 cm³/mol. The van der Waals surface area contributed by atoms with E-state index in [1.807, 2.05) is 24.3 Å². The molecule has 6 heteroatoms. The van der Waals surface area contributed by atoms with Crippen LogP contribution in [0.3, 0.4) is 0 Å². The van der Waals surface area contributed by atoms with Gasteiger partial charge in [-0.1, -0.05) is 96.3 Å². The molecule has 5 rings (SSSR count). The molecule has 6 nitrogen and oxygen atoms in total. The number of hydrogen-bond donors (Lipinski definition) is 2. The fourth-order valence-corrected chi connectivity index (χ4v) is 5.68. The molecule has 2 aromatic heterocycles. The van der Waals surface area contributed by atoms with Crippen molar-refractivity contribution in [3.63, 3.8) is 0 Å². The quantitative estimate of drug-likeness (QED) is 0.0851. The molecule has 0 fully saturated rings. The van der Waals surface area contributed by atoms with E-state index in [0.717, 1.165) is 82.6 Å². The molecule has 2 N–H and O–H groups in total. The number of unbranched alkanes of at least 4 members (excludes halogenated alkanes) is 10. The fraction of sp³-hybridized carbons (Fsp3) is 0.400. The van der Waals surface area contributed by atoms with Gasteiger partial charge in [-0.05, 0) is 90.7 Å². The van der Waals surface area contributed by atoms with Crippen LogP contribution in [0.25, 0.3) is 45.0 Å². The Morgan fingerprint density at radius 1 is 0.457 bits per heavy atom. The molecule has 2 heterocycles. The topological polar surface area (TPSA) is 75.8 Å². The van der Waals surface area contributed by atoms with Gasteiger partial charge in [0.05, 0.1) is 36.0 Å². The molecule has 3 aromatic carbocycles. The van der Waals surface area contributed by atoms with Gasteiger partial charge in [-0.2, -0.15) is 10.2 Å². The fourth-order valence-electron chi connectivity index (χ4n) is 5.68. The molecule has 46 heavy (non-hydrogen) atoms. The summed E-state index contributed by atoms with van der Waals surface area (Å²) < 4.78 is 11.9. The second kappa shape index (κ2) is 18.0. The summed E-state index contributed by atoms with van der Waals surface area (Å²) in [6, 6.07) is 29.1. The number of benzene rings is 3. The summed E-state index contributed by atoms with van der Waals surface area (Å²) in [5.74, 6) is 1.83. The van der Waals surface area contributed by atoms with Crippen molar-refractivity contribution in [2.45, 2.75) is 90.9 Å². The van der Waals surface area contributed by atoms with E-state index in [4.69, 9.17) is 9.47 Å². The Hall–Kier alpha value is -4.32. The average Bonchev–Trinajstić information content (AvgIpc) is 3.80. The van der Waals surface area contributed by atoms with Gasteiger partial charge in [0, 0.05) is 11.1 Å². The van der Waals surface area contributed by atoms with Crippen molar-refractivity contribution in [2.75, 3.05) is 13.2 Å². The Morgan fingerprint density at radius 3 is 1.30 bits per heavy atom. The Kier molecular flexibility index (Phi) is 12.9. The molecular formula is C40H50N4O2. The van der Waals surface area contributed by atoms with Crippen LogP contribution in [0.5, 0.6) is 11.5 Å². The lowest BCUT2D eigenvalue weighted by Crippen LogP contribution is -1.97. The SMILES string of the molecule is CCCCCCCCOc1ccc(-c2cc(-c3cccc(-c4cc(-c5ccc(OCCCCCCCC)cc5)[nH]n4)c3)n[nH]2)cc1. The lowest BCUT2D eigenvalue weighted by Gasteiger charge is -2.07. The monoisotopic (exact) mass is 618 g/mol. The molecule has 5 aromatic rings. The first-order valence-electron chi connectivity index (χ1n) is 17.4. The standard InChI is InChI=1S/C40H50N4O2/c1-3-5-7-9-11-13-26-45-35-22-18-31(19-23-35)37-29-39(43-41-37)33-16-15-17-34(28-33)40-30-38(42-44-40)32-20-24-36(25-21-32)46-27-14-12-10-8-6-4-2/h15-25,28-30H,3-14,26-27H2,1-2H3,(H,41,43)(H,42,44). The van der Waals surface area contributed by atoms with E-state index in [-0.39, 0.29) is 0 Å². The zero-order valence-corrected chi connectivity index (χ0v) is 27.7. The van der Waals surface area contributed by atoms with Gasteiger partial charge in [0.2, 0.25) is 0 Å². The Balaban J connectivity index is 1.13. The van der Waals surface area contributed by atoms with E-state index in [9.17, 15) is 0 Å². The van der Waals surface area contributed by atoms with Crippen molar-refractivity contribution >= 4 is 0 Å². The zero-order chi connectivity index (χ0) is 31.8. The van der Waals surface area contributed by atoms with E-state index in [1.165, 1.54) is 64.2 Å². The van der Waals surface area contributed by atoms with Gasteiger partial charge < -0.3 is 9.47 Å². The zero-order valence-electron chi connectivity index (χ0n) is 27.7. The van der Waals surface area contributed by atoms with Gasteiger partial charge in [-0.25, -0.2) is 0 Å². The largest absolute Gasteiger partial charge is 0.494 e. The van der Waals surface area contributed by atoms with E-state index < -0.39 is 0 Å². The molecule has 0 spiro atoms. The Labute approximate surface area is 275 Å². The van der Waals surface area contributed by atoms with Gasteiger partial charge in [0.15, 0.2) is 0 Å². The van der Waals surface area contributed by atoms with Crippen LogP contribution in [-0.4, -0.2) is 33.6 Å². The van der Waals surface area contributed by atoms with Crippen molar-refractivity contribution in [1.29, 1.82) is 0 Å². The molecule has 0 atom stereocenters. The van der Waals surface area contributed by atoms with Gasteiger partial charge in [-0.3, -0.25) is 10.2 Å². The number of aromatic nitrogens is 4. The third kappa shape index (κ3) is 9.84. The molecule has 0 unspecified atom stereocenters. The summed E-state index contributed by atoms with van der Waals surface area (Å²) in [6.07, 6.45) is 15.2.